The molecule has 1 saturated heterocycles. The fourth-order valence-corrected chi connectivity index (χ4v) is 1.91. The minimum absolute atomic E-state index is 0.348. The molecule has 0 N–H and O–H groups in total. The number of esters is 1. The van der Waals surface area contributed by atoms with Gasteiger partial charge in [0, 0.05) is 30.9 Å². The van der Waals surface area contributed by atoms with Crippen LogP contribution in [0.15, 0.2) is 18.5 Å². The maximum Gasteiger partial charge on any atom is 0.339 e. The lowest BCUT2D eigenvalue weighted by atomic mass is 10.2. The third-order valence-electron chi connectivity index (χ3n) is 3.07. The molecule has 1 aliphatic rings. The van der Waals surface area contributed by atoms with E-state index < -0.39 is 0 Å². The van der Waals surface area contributed by atoms with Crippen molar-refractivity contribution in [3.8, 4) is 0 Å². The zero-order chi connectivity index (χ0) is 13.2. The second-order valence-corrected chi connectivity index (χ2v) is 4.37. The van der Waals surface area contributed by atoms with Crippen molar-refractivity contribution < 1.29 is 9.53 Å². The Bertz CT molecular complexity index is 625. The van der Waals surface area contributed by atoms with Crippen LogP contribution in [0, 0.1) is 0 Å². The van der Waals surface area contributed by atoms with E-state index in [2.05, 4.69) is 19.9 Å². The van der Waals surface area contributed by atoms with Gasteiger partial charge in [-0.3, -0.25) is 0 Å². The van der Waals surface area contributed by atoms with Crippen molar-refractivity contribution in [3.05, 3.63) is 24.0 Å². The van der Waals surface area contributed by atoms with E-state index in [4.69, 9.17) is 4.74 Å². The van der Waals surface area contributed by atoms with E-state index in [1.807, 2.05) is 0 Å². The summed E-state index contributed by atoms with van der Waals surface area (Å²) >= 11 is 0. The Balaban J connectivity index is 1.93. The minimum Gasteiger partial charge on any atom is -0.462 e. The standard InChI is InChI=1S/C13H14N4O2/c1-2-19-12(18)10-6-9-7-15-13(17-4-3-5-17)16-11(9)14-8-10/h6-8H,2-5H2,1H3. The number of carbonyl (C=O) groups excluding carboxylic acids is 1. The van der Waals surface area contributed by atoms with Gasteiger partial charge in [-0.1, -0.05) is 0 Å². The number of aromatic nitrogens is 3. The highest BCUT2D eigenvalue weighted by Crippen LogP contribution is 2.18. The second-order valence-electron chi connectivity index (χ2n) is 4.37. The van der Waals surface area contributed by atoms with Gasteiger partial charge in [0.15, 0.2) is 5.65 Å². The Morgan fingerprint density at radius 3 is 2.89 bits per heavy atom. The Hall–Kier alpha value is -2.24. The molecule has 0 aliphatic carbocycles. The zero-order valence-corrected chi connectivity index (χ0v) is 10.7. The first kappa shape index (κ1) is 11.8. The molecule has 1 fully saturated rings. The maximum absolute atomic E-state index is 11.6. The van der Waals surface area contributed by atoms with Crippen LogP contribution in [0.5, 0.6) is 0 Å². The third-order valence-corrected chi connectivity index (χ3v) is 3.07. The van der Waals surface area contributed by atoms with Gasteiger partial charge in [-0.15, -0.1) is 0 Å². The number of fused-ring (bicyclic) bond motifs is 1. The van der Waals surface area contributed by atoms with Crippen LogP contribution in [0.25, 0.3) is 11.0 Å². The number of anilines is 1. The second kappa shape index (κ2) is 4.79. The highest BCUT2D eigenvalue weighted by Gasteiger charge is 2.17. The van der Waals surface area contributed by atoms with Crippen molar-refractivity contribution in [1.82, 2.24) is 15.0 Å². The van der Waals surface area contributed by atoms with Crippen LogP contribution in [-0.2, 0) is 4.74 Å². The molecule has 19 heavy (non-hydrogen) atoms. The average molecular weight is 258 g/mol. The normalized spacial score (nSPS) is 14.3. The van der Waals surface area contributed by atoms with E-state index in [-0.39, 0.29) is 5.97 Å². The molecule has 2 aromatic rings. The van der Waals surface area contributed by atoms with Crippen LogP contribution < -0.4 is 4.90 Å². The van der Waals surface area contributed by atoms with Crippen molar-refractivity contribution in [1.29, 1.82) is 0 Å². The molecule has 0 saturated carbocycles. The number of hydrogen-bond donors (Lipinski definition) is 0. The van der Waals surface area contributed by atoms with Gasteiger partial charge >= 0.3 is 5.97 Å². The summed E-state index contributed by atoms with van der Waals surface area (Å²) in [7, 11) is 0. The molecule has 0 radical (unpaired) electrons. The first-order valence-corrected chi connectivity index (χ1v) is 6.33. The number of pyridine rings is 1. The summed E-state index contributed by atoms with van der Waals surface area (Å²) in [5.41, 5.74) is 1.03. The summed E-state index contributed by atoms with van der Waals surface area (Å²) in [5.74, 6) is 0.332. The lowest BCUT2D eigenvalue weighted by molar-refractivity contribution is 0.0526. The Morgan fingerprint density at radius 2 is 2.21 bits per heavy atom. The van der Waals surface area contributed by atoms with Gasteiger partial charge in [-0.2, -0.15) is 4.98 Å². The summed E-state index contributed by atoms with van der Waals surface area (Å²) in [6.45, 7) is 4.11. The SMILES string of the molecule is CCOC(=O)c1cnc2nc(N3CCC3)ncc2c1. The van der Waals surface area contributed by atoms with Gasteiger partial charge in [0.1, 0.15) is 0 Å². The molecule has 3 heterocycles. The van der Waals surface area contributed by atoms with Gasteiger partial charge in [0.2, 0.25) is 5.95 Å². The molecule has 6 nitrogen and oxygen atoms in total. The number of rotatable bonds is 3. The molecule has 2 aromatic heterocycles. The summed E-state index contributed by atoms with van der Waals surface area (Å²) in [6, 6.07) is 1.71. The molecule has 0 atom stereocenters. The number of ether oxygens (including phenoxy) is 1. The summed E-state index contributed by atoms with van der Waals surface area (Å²) < 4.78 is 4.94. The van der Waals surface area contributed by atoms with Gasteiger partial charge in [-0.25, -0.2) is 14.8 Å². The monoisotopic (exact) mass is 258 g/mol. The molecule has 0 aromatic carbocycles. The molecule has 0 amide bonds. The minimum atomic E-state index is -0.372. The molecule has 1 aliphatic heterocycles. The van der Waals surface area contributed by atoms with E-state index in [1.54, 1.807) is 19.2 Å². The molecule has 3 rings (SSSR count). The van der Waals surface area contributed by atoms with Gasteiger partial charge < -0.3 is 9.64 Å². The van der Waals surface area contributed by atoms with Crippen LogP contribution in [0.1, 0.15) is 23.7 Å². The van der Waals surface area contributed by atoms with Crippen LogP contribution in [0.4, 0.5) is 5.95 Å². The van der Waals surface area contributed by atoms with Crippen molar-refractivity contribution >= 4 is 23.0 Å². The number of carbonyl (C=O) groups is 1. The van der Waals surface area contributed by atoms with Crippen LogP contribution in [-0.4, -0.2) is 40.6 Å². The predicted octanol–water partition coefficient (Wildman–Crippen LogP) is 1.41. The molecule has 0 spiro atoms. The molecular formula is C13H14N4O2. The van der Waals surface area contributed by atoms with Crippen molar-refractivity contribution in [2.45, 2.75) is 13.3 Å². The Morgan fingerprint density at radius 1 is 1.37 bits per heavy atom. The predicted molar refractivity (Wildman–Crippen MR) is 70.1 cm³/mol. The molecular weight excluding hydrogens is 244 g/mol. The van der Waals surface area contributed by atoms with Crippen molar-refractivity contribution in [3.63, 3.8) is 0 Å². The number of hydrogen-bond acceptors (Lipinski definition) is 6. The zero-order valence-electron chi connectivity index (χ0n) is 10.7. The maximum atomic E-state index is 11.6. The van der Waals surface area contributed by atoms with Gasteiger partial charge in [-0.05, 0) is 19.4 Å². The molecule has 6 heteroatoms. The first-order chi connectivity index (χ1) is 9.28. The topological polar surface area (TPSA) is 68.2 Å². The smallest absolute Gasteiger partial charge is 0.339 e. The highest BCUT2D eigenvalue weighted by molar-refractivity contribution is 5.92. The molecule has 0 unspecified atom stereocenters. The van der Waals surface area contributed by atoms with Crippen molar-refractivity contribution in [2.24, 2.45) is 0 Å². The Labute approximate surface area is 110 Å². The van der Waals surface area contributed by atoms with Crippen molar-refractivity contribution in [2.75, 3.05) is 24.6 Å². The van der Waals surface area contributed by atoms with E-state index in [0.717, 1.165) is 18.5 Å². The van der Waals surface area contributed by atoms with Crippen LogP contribution in [0.3, 0.4) is 0 Å². The summed E-state index contributed by atoms with van der Waals surface area (Å²) in [5, 5.41) is 0.745. The number of nitrogens with zero attached hydrogens (tertiary/aromatic N) is 4. The lowest BCUT2D eigenvalue weighted by Gasteiger charge is -2.30. The van der Waals surface area contributed by atoms with E-state index in [0.29, 0.717) is 23.8 Å². The molecule has 98 valence electrons. The third kappa shape index (κ3) is 2.21. The largest absolute Gasteiger partial charge is 0.462 e. The van der Waals surface area contributed by atoms with E-state index in [9.17, 15) is 4.79 Å². The first-order valence-electron chi connectivity index (χ1n) is 6.33. The van der Waals surface area contributed by atoms with Crippen LogP contribution >= 0.6 is 0 Å². The van der Waals surface area contributed by atoms with Crippen LogP contribution in [0.2, 0.25) is 0 Å². The summed E-state index contributed by atoms with van der Waals surface area (Å²) in [4.78, 5) is 26.6. The quantitative estimate of drug-likeness (QED) is 0.775. The van der Waals surface area contributed by atoms with Gasteiger partial charge in [0.05, 0.1) is 12.2 Å². The van der Waals surface area contributed by atoms with Gasteiger partial charge in [0.25, 0.3) is 0 Å². The Kier molecular flexibility index (Phi) is 2.98. The highest BCUT2D eigenvalue weighted by atomic mass is 16.5. The van der Waals surface area contributed by atoms with E-state index >= 15 is 0 Å². The summed E-state index contributed by atoms with van der Waals surface area (Å²) in [6.07, 6.45) is 4.37. The van der Waals surface area contributed by atoms with E-state index in [1.165, 1.54) is 12.6 Å². The molecule has 0 bridgehead atoms. The lowest BCUT2D eigenvalue weighted by Crippen LogP contribution is -2.38. The fourth-order valence-electron chi connectivity index (χ4n) is 1.91. The fraction of sp³-hybridized carbons (Fsp3) is 0.385. The average Bonchev–Trinajstić information content (AvgIpc) is 2.36.